The number of halogens is 2. The van der Waals surface area contributed by atoms with Gasteiger partial charge in [-0.3, -0.25) is 13.9 Å². The molecule has 0 aromatic heterocycles. The largest absolute Gasteiger partial charge is 0.352 e. The second-order valence-electron chi connectivity index (χ2n) is 10.4. The number of rotatable bonds is 11. The van der Waals surface area contributed by atoms with Gasteiger partial charge in [0.05, 0.1) is 11.9 Å². The first-order chi connectivity index (χ1) is 19.6. The van der Waals surface area contributed by atoms with E-state index in [1.807, 2.05) is 30.3 Å². The van der Waals surface area contributed by atoms with E-state index in [1.165, 1.54) is 23.1 Å². The van der Waals surface area contributed by atoms with Crippen LogP contribution in [0.15, 0.2) is 78.9 Å². The van der Waals surface area contributed by atoms with Gasteiger partial charge in [0.2, 0.25) is 21.8 Å². The van der Waals surface area contributed by atoms with Crippen molar-refractivity contribution in [2.24, 2.45) is 0 Å². The van der Waals surface area contributed by atoms with Crippen molar-refractivity contribution >= 4 is 39.1 Å². The van der Waals surface area contributed by atoms with E-state index in [1.54, 1.807) is 24.3 Å². The zero-order valence-corrected chi connectivity index (χ0v) is 24.6. The van der Waals surface area contributed by atoms with Crippen LogP contribution in [0.25, 0.3) is 0 Å². The number of sulfonamides is 1. The number of hydrogen-bond acceptors (Lipinski definition) is 4. The molecule has 0 spiro atoms. The molecule has 2 amide bonds. The van der Waals surface area contributed by atoms with Gasteiger partial charge in [-0.15, -0.1) is 0 Å². The SMILES string of the molecule is CS(=O)(=O)N(CC(=O)N(Cc1ccccc1Cl)[C@H](Cc1ccccc1)C(=O)NC1CCCCC1)c1ccccc1F. The summed E-state index contributed by atoms with van der Waals surface area (Å²) >= 11 is 6.47. The van der Waals surface area contributed by atoms with E-state index in [0.29, 0.717) is 10.6 Å². The zero-order chi connectivity index (χ0) is 29.4. The number of hydrogen-bond donors (Lipinski definition) is 1. The predicted octanol–water partition coefficient (Wildman–Crippen LogP) is 5.33. The Bertz CT molecular complexity index is 1450. The first-order valence-electron chi connectivity index (χ1n) is 13.7. The van der Waals surface area contributed by atoms with Crippen LogP contribution in [0.5, 0.6) is 0 Å². The Morgan fingerprint density at radius 3 is 2.24 bits per heavy atom. The molecule has 0 bridgehead atoms. The van der Waals surface area contributed by atoms with E-state index < -0.39 is 34.3 Å². The summed E-state index contributed by atoms with van der Waals surface area (Å²) in [6.07, 6.45) is 5.99. The minimum atomic E-state index is -4.06. The molecule has 10 heteroatoms. The Labute approximate surface area is 246 Å². The summed E-state index contributed by atoms with van der Waals surface area (Å²) in [6.45, 7) is -0.727. The van der Waals surface area contributed by atoms with Gasteiger partial charge in [-0.2, -0.15) is 0 Å². The van der Waals surface area contributed by atoms with E-state index in [4.69, 9.17) is 11.6 Å². The molecule has 1 aliphatic carbocycles. The molecule has 1 aliphatic rings. The molecule has 1 N–H and O–H groups in total. The molecule has 218 valence electrons. The van der Waals surface area contributed by atoms with Gasteiger partial charge >= 0.3 is 0 Å². The molecule has 0 radical (unpaired) electrons. The Morgan fingerprint density at radius 2 is 1.59 bits per heavy atom. The Kier molecular flexibility index (Phi) is 10.4. The van der Waals surface area contributed by atoms with Gasteiger partial charge in [-0.1, -0.05) is 91.5 Å². The lowest BCUT2D eigenvalue weighted by Gasteiger charge is -2.35. The highest BCUT2D eigenvalue weighted by molar-refractivity contribution is 7.92. The molecule has 3 aromatic rings. The molecular weight excluding hydrogens is 565 g/mol. The topological polar surface area (TPSA) is 86.8 Å². The van der Waals surface area contributed by atoms with Crippen LogP contribution < -0.4 is 9.62 Å². The van der Waals surface area contributed by atoms with Crippen molar-refractivity contribution in [1.82, 2.24) is 10.2 Å². The molecule has 3 aromatic carbocycles. The fraction of sp³-hybridized carbons (Fsp3) is 0.355. The molecule has 0 heterocycles. The standard InChI is InChI=1S/C31H35ClFN3O4S/c1-41(39,40)36(28-19-11-10-18-27(28)33)22-30(37)35(21-24-14-8-9-17-26(24)32)29(20-23-12-4-2-5-13-23)31(38)34-25-15-6-3-7-16-25/h2,4-5,8-14,17-19,25,29H,3,6-7,15-16,20-22H2,1H3,(H,34,38)/t29-/m1/s1. The van der Waals surface area contributed by atoms with E-state index in [2.05, 4.69) is 5.32 Å². The Morgan fingerprint density at radius 1 is 0.951 bits per heavy atom. The maximum atomic E-state index is 14.7. The van der Waals surface area contributed by atoms with E-state index in [0.717, 1.165) is 54.3 Å². The number of para-hydroxylation sites is 1. The molecule has 0 saturated heterocycles. The Balaban J connectivity index is 1.74. The highest BCUT2D eigenvalue weighted by Crippen LogP contribution is 2.25. The van der Waals surface area contributed by atoms with Gasteiger partial charge in [0.1, 0.15) is 18.4 Å². The number of nitrogens with zero attached hydrogens (tertiary/aromatic N) is 2. The van der Waals surface area contributed by atoms with Crippen molar-refractivity contribution in [2.75, 3.05) is 17.1 Å². The van der Waals surface area contributed by atoms with Gasteiger partial charge in [0, 0.05) is 24.0 Å². The van der Waals surface area contributed by atoms with Crippen molar-refractivity contribution in [3.8, 4) is 0 Å². The van der Waals surface area contributed by atoms with E-state index >= 15 is 0 Å². The molecule has 0 unspecified atom stereocenters. The smallest absolute Gasteiger partial charge is 0.244 e. The third-order valence-electron chi connectivity index (χ3n) is 7.32. The number of benzene rings is 3. The molecule has 4 rings (SSSR count). The first-order valence-corrected chi connectivity index (χ1v) is 16.0. The lowest BCUT2D eigenvalue weighted by molar-refractivity contribution is -0.140. The van der Waals surface area contributed by atoms with Crippen LogP contribution in [-0.4, -0.2) is 50.0 Å². The fourth-order valence-electron chi connectivity index (χ4n) is 5.16. The number of nitrogens with one attached hydrogen (secondary N) is 1. The summed E-state index contributed by atoms with van der Waals surface area (Å²) < 4.78 is 41.1. The fourth-order valence-corrected chi connectivity index (χ4v) is 6.20. The molecular formula is C31H35ClFN3O4S. The van der Waals surface area contributed by atoms with Gasteiger partial charge in [-0.05, 0) is 42.2 Å². The summed E-state index contributed by atoms with van der Waals surface area (Å²) in [5, 5.41) is 3.55. The van der Waals surface area contributed by atoms with Crippen molar-refractivity contribution < 1.29 is 22.4 Å². The quantitative estimate of drug-likeness (QED) is 0.323. The third kappa shape index (κ3) is 8.30. The molecule has 41 heavy (non-hydrogen) atoms. The summed E-state index contributed by atoms with van der Waals surface area (Å²) in [5.41, 5.74) is 1.19. The summed E-state index contributed by atoms with van der Waals surface area (Å²) in [4.78, 5) is 29.4. The minimum Gasteiger partial charge on any atom is -0.352 e. The van der Waals surface area contributed by atoms with Gasteiger partial charge in [0.25, 0.3) is 0 Å². The van der Waals surface area contributed by atoms with Gasteiger partial charge < -0.3 is 10.2 Å². The number of amides is 2. The van der Waals surface area contributed by atoms with Crippen LogP contribution in [0, 0.1) is 5.82 Å². The summed E-state index contributed by atoms with van der Waals surface area (Å²) in [7, 11) is -4.06. The average molecular weight is 600 g/mol. The van der Waals surface area contributed by atoms with Crippen molar-refractivity contribution in [1.29, 1.82) is 0 Å². The van der Waals surface area contributed by atoms with Crippen LogP contribution in [0.3, 0.4) is 0 Å². The first kappa shape index (κ1) is 30.5. The predicted molar refractivity (Wildman–Crippen MR) is 160 cm³/mol. The number of anilines is 1. The van der Waals surface area contributed by atoms with E-state index in [9.17, 15) is 22.4 Å². The molecule has 7 nitrogen and oxygen atoms in total. The second-order valence-corrected chi connectivity index (χ2v) is 12.7. The number of carbonyl (C=O) groups excluding carboxylic acids is 2. The molecule has 1 saturated carbocycles. The minimum absolute atomic E-state index is 0.00211. The van der Waals surface area contributed by atoms with Crippen molar-refractivity contribution in [3.05, 3.63) is 101 Å². The highest BCUT2D eigenvalue weighted by Gasteiger charge is 2.34. The van der Waals surface area contributed by atoms with Crippen LogP contribution in [0.1, 0.15) is 43.2 Å². The monoisotopic (exact) mass is 599 g/mol. The maximum absolute atomic E-state index is 14.7. The van der Waals surface area contributed by atoms with Crippen LogP contribution in [0.2, 0.25) is 5.02 Å². The van der Waals surface area contributed by atoms with Gasteiger partial charge in [0.15, 0.2) is 0 Å². The molecule has 1 fully saturated rings. The molecule has 0 aliphatic heterocycles. The van der Waals surface area contributed by atoms with Gasteiger partial charge in [-0.25, -0.2) is 12.8 Å². The molecule has 1 atom stereocenters. The number of carbonyl (C=O) groups is 2. The lowest BCUT2D eigenvalue weighted by atomic mass is 9.94. The highest BCUT2D eigenvalue weighted by atomic mass is 35.5. The van der Waals surface area contributed by atoms with Crippen LogP contribution in [-0.2, 0) is 32.6 Å². The van der Waals surface area contributed by atoms with E-state index in [-0.39, 0.29) is 30.6 Å². The second kappa shape index (κ2) is 14.0. The summed E-state index contributed by atoms with van der Waals surface area (Å²) in [5.74, 6) is -1.75. The normalized spacial score (nSPS) is 14.7. The zero-order valence-electron chi connectivity index (χ0n) is 23.0. The van der Waals surface area contributed by atoms with Crippen molar-refractivity contribution in [3.63, 3.8) is 0 Å². The Hall–Kier alpha value is -3.43. The lowest BCUT2D eigenvalue weighted by Crippen LogP contribution is -2.55. The maximum Gasteiger partial charge on any atom is 0.244 e. The third-order valence-corrected chi connectivity index (χ3v) is 8.82. The van der Waals surface area contributed by atoms with Crippen LogP contribution >= 0.6 is 11.6 Å². The van der Waals surface area contributed by atoms with Crippen molar-refractivity contribution in [2.45, 2.75) is 57.2 Å². The summed E-state index contributed by atoms with van der Waals surface area (Å²) in [6, 6.07) is 20.7. The average Bonchev–Trinajstić information content (AvgIpc) is 2.95. The van der Waals surface area contributed by atoms with Crippen LogP contribution in [0.4, 0.5) is 10.1 Å².